The van der Waals surface area contributed by atoms with E-state index >= 15 is 0 Å². The van der Waals surface area contributed by atoms with Crippen molar-refractivity contribution in [2.24, 2.45) is 0 Å². The zero-order valence-corrected chi connectivity index (χ0v) is 19.3. The monoisotopic (exact) mass is 451 g/mol. The molecule has 0 aliphatic rings. The van der Waals surface area contributed by atoms with Gasteiger partial charge in [0.15, 0.2) is 5.13 Å². The van der Waals surface area contributed by atoms with Crippen molar-refractivity contribution in [3.05, 3.63) is 42.0 Å². The number of para-hydroxylation sites is 1. The molecule has 1 aromatic heterocycles. The maximum atomic E-state index is 13.5. The maximum Gasteiger partial charge on any atom is 0.260 e. The van der Waals surface area contributed by atoms with Gasteiger partial charge in [-0.05, 0) is 38.4 Å². The van der Waals surface area contributed by atoms with E-state index in [2.05, 4.69) is 0 Å². The number of benzene rings is 2. The Labute approximate surface area is 186 Å². The molecule has 0 aliphatic heterocycles. The largest absolute Gasteiger partial charge is 0.497 e. The van der Waals surface area contributed by atoms with Crippen LogP contribution in [0.4, 0.5) is 5.13 Å². The van der Waals surface area contributed by atoms with Crippen molar-refractivity contribution in [2.45, 2.75) is 0 Å². The van der Waals surface area contributed by atoms with Crippen LogP contribution in [0, 0.1) is 0 Å². The summed E-state index contributed by atoms with van der Waals surface area (Å²) >= 11 is 1.46. The van der Waals surface area contributed by atoms with Gasteiger partial charge in [-0.25, -0.2) is 4.98 Å². The second-order valence-electron chi connectivity index (χ2n) is 6.66. The Morgan fingerprint density at radius 1 is 1.00 bits per heavy atom. The molecule has 1 heterocycles. The number of methoxy groups -OCH3 is 3. The van der Waals surface area contributed by atoms with Crippen molar-refractivity contribution in [2.75, 3.05) is 53.4 Å². The van der Waals surface area contributed by atoms with E-state index in [4.69, 9.17) is 19.2 Å². The van der Waals surface area contributed by atoms with E-state index in [9.17, 15) is 4.79 Å². The van der Waals surface area contributed by atoms with Gasteiger partial charge >= 0.3 is 0 Å². The Morgan fingerprint density at radius 3 is 2.23 bits per heavy atom. The van der Waals surface area contributed by atoms with Crippen molar-refractivity contribution < 1.29 is 19.0 Å². The van der Waals surface area contributed by atoms with Crippen LogP contribution in [0.2, 0.25) is 0 Å². The fourth-order valence-electron chi connectivity index (χ4n) is 2.86. The van der Waals surface area contributed by atoms with E-state index in [1.54, 1.807) is 44.4 Å². The van der Waals surface area contributed by atoms with Crippen LogP contribution in [-0.2, 0) is 0 Å². The Morgan fingerprint density at radius 2 is 1.67 bits per heavy atom. The van der Waals surface area contributed by atoms with Gasteiger partial charge in [0.25, 0.3) is 5.91 Å². The maximum absolute atomic E-state index is 13.5. The first kappa shape index (κ1) is 23.7. The molecule has 2 aromatic carbocycles. The molecule has 7 nitrogen and oxygen atoms in total. The Hall–Kier alpha value is -2.55. The third-order valence-corrected chi connectivity index (χ3v) is 5.48. The lowest BCUT2D eigenvalue weighted by atomic mass is 10.1. The minimum Gasteiger partial charge on any atom is -0.497 e. The van der Waals surface area contributed by atoms with Gasteiger partial charge in [0.05, 0.1) is 26.0 Å². The number of thiazole rings is 1. The fraction of sp³-hybridized carbons (Fsp3) is 0.333. The van der Waals surface area contributed by atoms with Gasteiger partial charge in [-0.15, -0.1) is 12.4 Å². The van der Waals surface area contributed by atoms with E-state index in [1.165, 1.54) is 11.3 Å². The van der Waals surface area contributed by atoms with Crippen LogP contribution in [0.25, 0.3) is 10.2 Å². The molecule has 0 saturated heterocycles. The Kier molecular flexibility index (Phi) is 8.28. The number of aromatic nitrogens is 1. The first-order valence-electron chi connectivity index (χ1n) is 9.10. The number of hydrogen-bond donors (Lipinski definition) is 0. The lowest BCUT2D eigenvalue weighted by Gasteiger charge is -2.22. The first-order valence-corrected chi connectivity index (χ1v) is 9.91. The molecular formula is C21H26ClN3O4S. The second kappa shape index (κ2) is 10.5. The number of halogens is 1. The summed E-state index contributed by atoms with van der Waals surface area (Å²) in [7, 11) is 8.68. The number of rotatable bonds is 8. The van der Waals surface area contributed by atoms with E-state index in [1.807, 2.05) is 37.2 Å². The topological polar surface area (TPSA) is 64.1 Å². The number of fused-ring (bicyclic) bond motifs is 1. The van der Waals surface area contributed by atoms with Crippen LogP contribution in [0.3, 0.4) is 0 Å². The van der Waals surface area contributed by atoms with Crippen LogP contribution in [-0.4, -0.2) is 64.3 Å². The highest BCUT2D eigenvalue weighted by Crippen LogP contribution is 2.35. The predicted octanol–water partition coefficient (Wildman–Crippen LogP) is 3.95. The first-order chi connectivity index (χ1) is 14.0. The molecule has 162 valence electrons. The fourth-order valence-corrected chi connectivity index (χ4v) is 3.87. The van der Waals surface area contributed by atoms with E-state index < -0.39 is 0 Å². The summed E-state index contributed by atoms with van der Waals surface area (Å²) in [5.74, 6) is 1.65. The SMILES string of the molecule is COc1cc(OC)cc(C(=O)N(CCN(C)C)c2nc3c(OC)cccc3s2)c1.Cl. The number of anilines is 1. The third-order valence-electron chi connectivity index (χ3n) is 4.44. The van der Waals surface area contributed by atoms with Crippen molar-refractivity contribution in [3.63, 3.8) is 0 Å². The summed E-state index contributed by atoms with van der Waals surface area (Å²) in [4.78, 5) is 21.9. The molecule has 0 saturated carbocycles. The summed E-state index contributed by atoms with van der Waals surface area (Å²) in [5, 5.41) is 0.623. The van der Waals surface area contributed by atoms with Gasteiger partial charge in [0, 0.05) is 24.7 Å². The van der Waals surface area contributed by atoms with Crippen LogP contribution in [0.5, 0.6) is 17.2 Å². The van der Waals surface area contributed by atoms with E-state index in [0.717, 1.165) is 10.2 Å². The number of hydrogen-bond acceptors (Lipinski definition) is 7. The number of carbonyl (C=O) groups excluding carboxylic acids is 1. The molecule has 0 bridgehead atoms. The molecule has 1 amide bonds. The Bertz CT molecular complexity index is 987. The number of likely N-dealkylation sites (N-methyl/N-ethyl adjacent to an activating group) is 1. The molecule has 0 N–H and O–H groups in total. The van der Waals surface area contributed by atoms with E-state index in [-0.39, 0.29) is 18.3 Å². The number of nitrogens with zero attached hydrogens (tertiary/aromatic N) is 3. The molecular weight excluding hydrogens is 426 g/mol. The second-order valence-corrected chi connectivity index (χ2v) is 7.67. The van der Waals surface area contributed by atoms with Crippen LogP contribution < -0.4 is 19.1 Å². The molecule has 0 aliphatic carbocycles. The van der Waals surface area contributed by atoms with Crippen molar-refractivity contribution in [3.8, 4) is 17.2 Å². The zero-order valence-electron chi connectivity index (χ0n) is 17.7. The zero-order chi connectivity index (χ0) is 21.0. The minimum absolute atomic E-state index is 0. The number of ether oxygens (including phenoxy) is 3. The minimum atomic E-state index is -0.165. The van der Waals surface area contributed by atoms with Gasteiger partial charge in [-0.1, -0.05) is 17.4 Å². The summed E-state index contributed by atoms with van der Waals surface area (Å²) < 4.78 is 17.0. The van der Waals surface area contributed by atoms with Crippen LogP contribution in [0.1, 0.15) is 10.4 Å². The highest BCUT2D eigenvalue weighted by Gasteiger charge is 2.23. The normalized spacial score (nSPS) is 10.6. The van der Waals surface area contributed by atoms with Crippen molar-refractivity contribution in [1.82, 2.24) is 9.88 Å². The summed E-state index contributed by atoms with van der Waals surface area (Å²) in [6, 6.07) is 10.9. The molecule has 30 heavy (non-hydrogen) atoms. The van der Waals surface area contributed by atoms with Gasteiger partial charge in [0.1, 0.15) is 22.8 Å². The molecule has 9 heteroatoms. The van der Waals surface area contributed by atoms with Crippen LogP contribution in [0.15, 0.2) is 36.4 Å². The van der Waals surface area contributed by atoms with Gasteiger partial charge < -0.3 is 19.1 Å². The molecule has 0 fully saturated rings. The van der Waals surface area contributed by atoms with Gasteiger partial charge in [-0.2, -0.15) is 0 Å². The van der Waals surface area contributed by atoms with Crippen molar-refractivity contribution >= 4 is 45.0 Å². The molecule has 0 spiro atoms. The standard InChI is InChI=1S/C21H25N3O4S.ClH/c1-23(2)9-10-24(20(25)14-11-15(26-3)13-16(12-14)27-4)21-22-19-17(28-5)7-6-8-18(19)29-21;/h6-8,11-13H,9-10H2,1-5H3;1H. The summed E-state index contributed by atoms with van der Waals surface area (Å²) in [6.45, 7) is 1.19. The van der Waals surface area contributed by atoms with Crippen LogP contribution >= 0.6 is 23.7 Å². The number of amides is 1. The highest BCUT2D eigenvalue weighted by molar-refractivity contribution is 7.22. The third kappa shape index (κ3) is 5.13. The Balaban J connectivity index is 0.00000320. The average molecular weight is 452 g/mol. The lowest BCUT2D eigenvalue weighted by molar-refractivity contribution is 0.0984. The molecule has 3 rings (SSSR count). The average Bonchev–Trinajstić information content (AvgIpc) is 3.16. The highest BCUT2D eigenvalue weighted by atomic mass is 35.5. The quantitative estimate of drug-likeness (QED) is 0.516. The lowest BCUT2D eigenvalue weighted by Crippen LogP contribution is -2.36. The smallest absolute Gasteiger partial charge is 0.260 e. The predicted molar refractivity (Wildman–Crippen MR) is 123 cm³/mol. The van der Waals surface area contributed by atoms with Gasteiger partial charge in [-0.3, -0.25) is 9.69 Å². The molecule has 3 aromatic rings. The van der Waals surface area contributed by atoms with Crippen molar-refractivity contribution in [1.29, 1.82) is 0 Å². The summed E-state index contributed by atoms with van der Waals surface area (Å²) in [5.41, 5.74) is 1.23. The van der Waals surface area contributed by atoms with E-state index in [0.29, 0.717) is 41.0 Å². The number of carbonyl (C=O) groups is 1. The molecule has 0 unspecified atom stereocenters. The molecule has 0 radical (unpaired) electrons. The summed E-state index contributed by atoms with van der Waals surface area (Å²) in [6.07, 6.45) is 0. The van der Waals surface area contributed by atoms with Gasteiger partial charge in [0.2, 0.25) is 0 Å². The molecule has 0 atom stereocenters.